The molecule has 0 fully saturated rings. The number of nitrogens with zero attached hydrogens (tertiary/aromatic N) is 2. The molecular weight excluding hydrogens is 296 g/mol. The molecule has 1 aromatic heterocycles. The quantitative estimate of drug-likeness (QED) is 0.730. The molecule has 0 atom stereocenters. The SMILES string of the molecule is CCCCN(C(=O)CCl)c1c(N)n(CCC)c(=O)[nH]c1=O. The number of H-pyrrole nitrogens is 1. The van der Waals surface area contributed by atoms with Crippen LogP contribution in [-0.2, 0) is 11.3 Å². The Morgan fingerprint density at radius 1 is 1.33 bits per heavy atom. The lowest BCUT2D eigenvalue weighted by Gasteiger charge is -2.23. The molecule has 0 aromatic carbocycles. The van der Waals surface area contributed by atoms with E-state index >= 15 is 0 Å². The first-order valence-corrected chi connectivity index (χ1v) is 7.50. The van der Waals surface area contributed by atoms with E-state index < -0.39 is 17.2 Å². The molecule has 0 aliphatic rings. The zero-order valence-corrected chi connectivity index (χ0v) is 13.1. The molecule has 3 N–H and O–H groups in total. The van der Waals surface area contributed by atoms with E-state index in [9.17, 15) is 14.4 Å². The van der Waals surface area contributed by atoms with Gasteiger partial charge in [-0.15, -0.1) is 11.6 Å². The van der Waals surface area contributed by atoms with Crippen LogP contribution in [0.25, 0.3) is 0 Å². The summed E-state index contributed by atoms with van der Waals surface area (Å²) in [5.74, 6) is -0.667. The molecule has 0 unspecified atom stereocenters. The predicted molar refractivity (Wildman–Crippen MR) is 84.0 cm³/mol. The number of hydrogen-bond acceptors (Lipinski definition) is 4. The van der Waals surface area contributed by atoms with Crippen LogP contribution in [0, 0.1) is 0 Å². The van der Waals surface area contributed by atoms with Crippen molar-refractivity contribution in [1.82, 2.24) is 9.55 Å². The topological polar surface area (TPSA) is 101 Å². The van der Waals surface area contributed by atoms with Gasteiger partial charge in [-0.1, -0.05) is 20.3 Å². The van der Waals surface area contributed by atoms with Crippen LogP contribution in [0.4, 0.5) is 11.5 Å². The summed E-state index contributed by atoms with van der Waals surface area (Å²) >= 11 is 5.60. The minimum atomic E-state index is -0.667. The number of amides is 1. The van der Waals surface area contributed by atoms with Gasteiger partial charge in [0, 0.05) is 13.1 Å². The molecule has 1 amide bonds. The molecule has 0 spiro atoms. The summed E-state index contributed by atoms with van der Waals surface area (Å²) in [7, 11) is 0. The Bertz CT molecular complexity index is 608. The fourth-order valence-electron chi connectivity index (χ4n) is 2.03. The van der Waals surface area contributed by atoms with Gasteiger partial charge in [0.25, 0.3) is 5.56 Å². The molecule has 0 aliphatic carbocycles. The Hall–Kier alpha value is -1.76. The maximum atomic E-state index is 12.1. The van der Waals surface area contributed by atoms with Crippen LogP contribution in [0.1, 0.15) is 33.1 Å². The number of aromatic amines is 1. The van der Waals surface area contributed by atoms with E-state index in [1.165, 1.54) is 9.47 Å². The highest BCUT2D eigenvalue weighted by molar-refractivity contribution is 6.29. The van der Waals surface area contributed by atoms with Gasteiger partial charge in [0.15, 0.2) is 5.69 Å². The highest BCUT2D eigenvalue weighted by Crippen LogP contribution is 2.18. The Kier molecular flexibility index (Phi) is 6.48. The minimum absolute atomic E-state index is 0.000157. The number of halogens is 1. The number of carbonyl (C=O) groups excluding carboxylic acids is 1. The summed E-state index contributed by atoms with van der Waals surface area (Å²) in [5.41, 5.74) is 4.70. The second-order valence-electron chi connectivity index (χ2n) is 4.68. The summed E-state index contributed by atoms with van der Waals surface area (Å²) in [5, 5.41) is 0. The van der Waals surface area contributed by atoms with Gasteiger partial charge in [0.2, 0.25) is 5.91 Å². The van der Waals surface area contributed by atoms with E-state index in [-0.39, 0.29) is 17.4 Å². The first kappa shape index (κ1) is 17.3. The highest BCUT2D eigenvalue weighted by atomic mass is 35.5. The van der Waals surface area contributed by atoms with Crippen LogP contribution in [0.3, 0.4) is 0 Å². The maximum Gasteiger partial charge on any atom is 0.330 e. The van der Waals surface area contributed by atoms with E-state index in [2.05, 4.69) is 4.98 Å². The van der Waals surface area contributed by atoms with Crippen molar-refractivity contribution in [2.24, 2.45) is 0 Å². The molecule has 1 heterocycles. The molecule has 0 bridgehead atoms. The normalized spacial score (nSPS) is 10.6. The number of nitrogen functional groups attached to an aromatic ring is 1. The molecule has 8 heteroatoms. The maximum absolute atomic E-state index is 12.1. The molecule has 1 aromatic rings. The standard InChI is InChI=1S/C13H21ClN4O3/c1-3-5-7-17(9(19)8-14)10-11(15)18(6-4-2)13(21)16-12(10)20/h3-8,15H2,1-2H3,(H,16,20,21). The first-order chi connectivity index (χ1) is 9.97. The van der Waals surface area contributed by atoms with Crippen LogP contribution >= 0.6 is 11.6 Å². The third kappa shape index (κ3) is 3.87. The van der Waals surface area contributed by atoms with Gasteiger partial charge >= 0.3 is 5.69 Å². The third-order valence-corrected chi connectivity index (χ3v) is 3.31. The average Bonchev–Trinajstić information content (AvgIpc) is 2.45. The number of anilines is 2. The van der Waals surface area contributed by atoms with Crippen molar-refractivity contribution in [2.45, 2.75) is 39.7 Å². The van der Waals surface area contributed by atoms with Crippen molar-refractivity contribution in [3.63, 3.8) is 0 Å². The van der Waals surface area contributed by atoms with Crippen molar-refractivity contribution in [3.8, 4) is 0 Å². The van der Waals surface area contributed by atoms with Crippen LogP contribution < -0.4 is 21.9 Å². The van der Waals surface area contributed by atoms with Gasteiger partial charge in [-0.3, -0.25) is 19.1 Å². The lowest BCUT2D eigenvalue weighted by Crippen LogP contribution is -2.42. The van der Waals surface area contributed by atoms with E-state index in [0.717, 1.165) is 6.42 Å². The molecule has 0 saturated heterocycles. The minimum Gasteiger partial charge on any atom is -0.383 e. The summed E-state index contributed by atoms with van der Waals surface area (Å²) in [6.45, 7) is 4.55. The molecule has 0 saturated carbocycles. The molecule has 0 radical (unpaired) electrons. The molecule has 118 valence electrons. The number of nitrogens with two attached hydrogens (primary N) is 1. The Balaban J connectivity index is 3.42. The van der Waals surface area contributed by atoms with Gasteiger partial charge in [0.1, 0.15) is 11.7 Å². The molecule has 0 aliphatic heterocycles. The number of hydrogen-bond donors (Lipinski definition) is 2. The van der Waals surface area contributed by atoms with Gasteiger partial charge in [-0.2, -0.15) is 0 Å². The van der Waals surface area contributed by atoms with Crippen molar-refractivity contribution in [3.05, 3.63) is 20.8 Å². The summed E-state index contributed by atoms with van der Waals surface area (Å²) in [6, 6.07) is 0. The first-order valence-electron chi connectivity index (χ1n) is 6.96. The summed E-state index contributed by atoms with van der Waals surface area (Å²) in [4.78, 5) is 39.3. The molecule has 7 nitrogen and oxygen atoms in total. The number of carbonyl (C=O) groups is 1. The summed E-state index contributed by atoms with van der Waals surface area (Å²) < 4.78 is 1.26. The Labute approximate surface area is 127 Å². The lowest BCUT2D eigenvalue weighted by atomic mass is 10.2. The molecular formula is C13H21ClN4O3. The van der Waals surface area contributed by atoms with Crippen molar-refractivity contribution >= 4 is 29.0 Å². The average molecular weight is 317 g/mol. The monoisotopic (exact) mass is 316 g/mol. The van der Waals surface area contributed by atoms with Gasteiger partial charge in [-0.05, 0) is 12.8 Å². The van der Waals surface area contributed by atoms with E-state index in [0.29, 0.717) is 25.9 Å². The largest absolute Gasteiger partial charge is 0.383 e. The summed E-state index contributed by atoms with van der Waals surface area (Å²) in [6.07, 6.45) is 2.22. The number of alkyl halides is 1. The number of nitrogens with one attached hydrogen (secondary N) is 1. The second kappa shape index (κ2) is 7.87. The Morgan fingerprint density at radius 2 is 2.00 bits per heavy atom. The predicted octanol–water partition coefficient (Wildman–Crippen LogP) is 0.901. The third-order valence-electron chi connectivity index (χ3n) is 3.08. The number of unbranched alkanes of at least 4 members (excludes halogenated alkanes) is 1. The van der Waals surface area contributed by atoms with E-state index in [1.54, 1.807) is 0 Å². The fourth-order valence-corrected chi connectivity index (χ4v) is 2.18. The number of rotatable bonds is 7. The smallest absolute Gasteiger partial charge is 0.330 e. The van der Waals surface area contributed by atoms with Gasteiger partial charge in [-0.25, -0.2) is 4.79 Å². The number of aromatic nitrogens is 2. The van der Waals surface area contributed by atoms with Gasteiger partial charge in [0.05, 0.1) is 0 Å². The van der Waals surface area contributed by atoms with Crippen LogP contribution in [0.15, 0.2) is 9.59 Å². The van der Waals surface area contributed by atoms with Crippen LogP contribution in [-0.4, -0.2) is 27.9 Å². The fraction of sp³-hybridized carbons (Fsp3) is 0.615. The zero-order chi connectivity index (χ0) is 16.0. The van der Waals surface area contributed by atoms with Crippen molar-refractivity contribution in [2.75, 3.05) is 23.1 Å². The molecule has 21 heavy (non-hydrogen) atoms. The second-order valence-corrected chi connectivity index (χ2v) is 4.94. The highest BCUT2D eigenvalue weighted by Gasteiger charge is 2.22. The van der Waals surface area contributed by atoms with Crippen molar-refractivity contribution < 1.29 is 4.79 Å². The lowest BCUT2D eigenvalue weighted by molar-refractivity contribution is -0.116. The van der Waals surface area contributed by atoms with Crippen LogP contribution in [0.5, 0.6) is 0 Å². The Morgan fingerprint density at radius 3 is 2.52 bits per heavy atom. The van der Waals surface area contributed by atoms with Gasteiger partial charge < -0.3 is 10.6 Å². The van der Waals surface area contributed by atoms with Crippen molar-refractivity contribution in [1.29, 1.82) is 0 Å². The van der Waals surface area contributed by atoms with E-state index in [1.807, 2.05) is 13.8 Å². The van der Waals surface area contributed by atoms with E-state index in [4.69, 9.17) is 17.3 Å². The van der Waals surface area contributed by atoms with Crippen LogP contribution in [0.2, 0.25) is 0 Å². The molecule has 1 rings (SSSR count). The zero-order valence-electron chi connectivity index (χ0n) is 12.3.